The Morgan fingerprint density at radius 2 is 1.80 bits per heavy atom. The Labute approximate surface area is 370 Å². The maximum atomic E-state index is 16.1. The van der Waals surface area contributed by atoms with Crippen molar-refractivity contribution in [3.05, 3.63) is 123 Å². The molecule has 12 rings (SSSR count). The van der Waals surface area contributed by atoms with Crippen LogP contribution in [0.3, 0.4) is 0 Å². The van der Waals surface area contributed by atoms with Crippen molar-refractivity contribution in [1.82, 2.24) is 48.7 Å². The van der Waals surface area contributed by atoms with Gasteiger partial charge in [-0.15, -0.1) is 0 Å². The summed E-state index contributed by atoms with van der Waals surface area (Å²) in [6, 6.07) is 11.5. The summed E-state index contributed by atoms with van der Waals surface area (Å²) in [6.07, 6.45) is 10.1. The van der Waals surface area contributed by atoms with Crippen LogP contribution in [-0.4, -0.2) is 85.2 Å². The van der Waals surface area contributed by atoms with Crippen LogP contribution < -0.4 is 11.2 Å². The predicted octanol–water partition coefficient (Wildman–Crippen LogP) is 6.18. The van der Waals surface area contributed by atoms with Gasteiger partial charge in [0.15, 0.2) is 5.82 Å². The number of imidazole rings is 1. The number of carbonyl (C=O) groups is 1. The fourth-order valence-corrected chi connectivity index (χ4v) is 10.6. The first-order valence-electron chi connectivity index (χ1n) is 22.3. The van der Waals surface area contributed by atoms with E-state index in [4.69, 9.17) is 19.8 Å². The lowest BCUT2D eigenvalue weighted by molar-refractivity contribution is -0.102. The van der Waals surface area contributed by atoms with Crippen LogP contribution in [0.25, 0.3) is 33.6 Å². The highest BCUT2D eigenvalue weighted by Crippen LogP contribution is 2.52. The van der Waals surface area contributed by atoms with Crippen LogP contribution in [0.1, 0.15) is 116 Å². The summed E-state index contributed by atoms with van der Waals surface area (Å²) < 4.78 is 45.1. The quantitative estimate of drug-likeness (QED) is 0.182. The number of aryl methyl sites for hydroxylation is 1. The highest BCUT2D eigenvalue weighted by atomic mass is 19.1. The number of nitrogens with one attached hydrogen (secondary N) is 1. The van der Waals surface area contributed by atoms with Gasteiger partial charge in [-0.05, 0) is 125 Å². The number of amides is 1. The van der Waals surface area contributed by atoms with E-state index in [0.717, 1.165) is 36.8 Å². The number of aliphatic hydroxyl groups excluding tert-OH is 1. The van der Waals surface area contributed by atoms with Crippen LogP contribution in [0.4, 0.5) is 8.78 Å². The summed E-state index contributed by atoms with van der Waals surface area (Å²) in [5.41, 5.74) is 7.21. The normalized spacial score (nSPS) is 22.4. The molecule has 2 aromatic carbocycles. The van der Waals surface area contributed by atoms with Crippen LogP contribution in [0.15, 0.2) is 77.0 Å². The molecule has 1 unspecified atom stereocenters. The molecule has 16 nitrogen and oxygen atoms in total. The third-order valence-electron chi connectivity index (χ3n) is 14.3. The molecule has 65 heavy (non-hydrogen) atoms. The van der Waals surface area contributed by atoms with Crippen molar-refractivity contribution in [3.8, 4) is 17.2 Å². The van der Waals surface area contributed by atoms with E-state index in [9.17, 15) is 9.90 Å². The predicted molar refractivity (Wildman–Crippen MR) is 234 cm³/mol. The van der Waals surface area contributed by atoms with Gasteiger partial charge in [0.2, 0.25) is 0 Å². The number of nitrogens with zero attached hydrogens (tertiary/aromatic N) is 10. The lowest BCUT2D eigenvalue weighted by Gasteiger charge is -2.35. The molecule has 1 amide bonds. The van der Waals surface area contributed by atoms with Crippen molar-refractivity contribution in [2.75, 3.05) is 13.2 Å². The Morgan fingerprint density at radius 1 is 0.985 bits per heavy atom. The van der Waals surface area contributed by atoms with E-state index in [1.165, 1.54) is 27.6 Å². The minimum absolute atomic E-state index is 0.0516. The average Bonchev–Trinajstić information content (AvgIpc) is 4.03. The van der Waals surface area contributed by atoms with Crippen molar-refractivity contribution in [2.24, 2.45) is 12.0 Å². The molecular formula is C47H47F2N11O5. The molecule has 334 valence electrons. The maximum absolute atomic E-state index is 16.1. The van der Waals surface area contributed by atoms with Gasteiger partial charge >= 0.3 is 5.69 Å². The summed E-state index contributed by atoms with van der Waals surface area (Å²) in [5, 5.41) is 24.8. The fraction of sp³-hybridized carbons (Fsp3) is 0.404. The zero-order valence-corrected chi connectivity index (χ0v) is 36.3. The van der Waals surface area contributed by atoms with E-state index in [1.807, 2.05) is 23.7 Å². The molecule has 5 aromatic heterocycles. The van der Waals surface area contributed by atoms with E-state index >= 15 is 13.6 Å². The van der Waals surface area contributed by atoms with Gasteiger partial charge in [-0.1, -0.05) is 0 Å². The minimum Gasteiger partial charge on any atom is -0.376 e. The molecule has 18 heteroatoms. The van der Waals surface area contributed by atoms with E-state index in [0.29, 0.717) is 83.3 Å². The van der Waals surface area contributed by atoms with E-state index in [-0.39, 0.29) is 40.2 Å². The number of ether oxygens (including phenoxy) is 1. The maximum Gasteiger partial charge on any atom is 0.338 e. The summed E-state index contributed by atoms with van der Waals surface area (Å²) in [5.74, 6) is -0.0255. The molecule has 0 bridgehead atoms. The zero-order valence-electron chi connectivity index (χ0n) is 36.3. The van der Waals surface area contributed by atoms with Gasteiger partial charge in [-0.3, -0.25) is 18.6 Å². The van der Waals surface area contributed by atoms with E-state index in [2.05, 4.69) is 35.5 Å². The first kappa shape index (κ1) is 40.0. The molecule has 0 radical (unpaired) electrons. The number of hydrogen-bond acceptors (Lipinski definition) is 10. The number of aliphatic hydroxyl groups is 1. The average molecular weight is 884 g/mol. The van der Waals surface area contributed by atoms with Gasteiger partial charge in [-0.25, -0.2) is 38.1 Å². The molecule has 8 heterocycles. The van der Waals surface area contributed by atoms with Crippen LogP contribution in [-0.2, 0) is 28.5 Å². The second-order valence-corrected chi connectivity index (χ2v) is 18.9. The Morgan fingerprint density at radius 3 is 2.55 bits per heavy atom. The monoisotopic (exact) mass is 883 g/mol. The number of rotatable bonds is 8. The van der Waals surface area contributed by atoms with Crippen LogP contribution in [0.5, 0.6) is 0 Å². The van der Waals surface area contributed by atoms with Crippen molar-refractivity contribution in [3.63, 3.8) is 0 Å². The number of aromatic nitrogens is 8. The Kier molecular flexibility index (Phi) is 8.78. The van der Waals surface area contributed by atoms with Crippen LogP contribution >= 0.6 is 0 Å². The van der Waals surface area contributed by atoms with Crippen LogP contribution in [0.2, 0.25) is 0 Å². The summed E-state index contributed by atoms with van der Waals surface area (Å²) in [6.45, 7) is 7.06. The summed E-state index contributed by atoms with van der Waals surface area (Å²) in [7, 11) is 1.72. The lowest BCUT2D eigenvalue weighted by Crippen LogP contribution is -2.41. The smallest absolute Gasteiger partial charge is 0.338 e. The molecule has 3 fully saturated rings. The number of carbonyl (C=O) groups excluding carboxylic acids is 1. The number of hydrogen-bond donors (Lipinski definition) is 2. The summed E-state index contributed by atoms with van der Waals surface area (Å²) in [4.78, 5) is 41.6. The van der Waals surface area contributed by atoms with Gasteiger partial charge in [-0.2, -0.15) is 15.3 Å². The Bertz CT molecular complexity index is 3220. The topological polar surface area (TPSA) is 163 Å². The Hall–Kier alpha value is -6.50. The third kappa shape index (κ3) is 6.24. The standard InChI is InChI=1S/C47H47F2N11O5/c1-25-38-35(53-60(29-7-8-34(48)31(20-29)26-5-6-26)41(38)58-17-16-57(45(58)63)37-10-9-36-33(39(37)49)24-50-55(36)4)11-15-56(25)42(61)32-21-30-19-28(27-12-18-64-46(2,3)22-27)23-51-59(30)40(32)47(13-14-47)43-52-44(62)65-54-43/h7-10,16-17,19-21,23-27,44,62H,5-6,11-15,18,22H2,1-4H3,(H,52,54)/t25-,27+,44?/m0/s1. The molecule has 2 N–H and O–H groups in total. The first-order chi connectivity index (χ1) is 31.3. The number of benzene rings is 2. The second kappa shape index (κ2) is 14.2. The van der Waals surface area contributed by atoms with Crippen LogP contribution in [0, 0.1) is 11.6 Å². The molecule has 5 aliphatic rings. The van der Waals surface area contributed by atoms with Crippen molar-refractivity contribution < 1.29 is 28.3 Å². The number of hydroxylamine groups is 1. The van der Waals surface area contributed by atoms with Gasteiger partial charge in [0.1, 0.15) is 17.5 Å². The molecule has 2 aliphatic carbocycles. The largest absolute Gasteiger partial charge is 0.376 e. The van der Waals surface area contributed by atoms with Crippen molar-refractivity contribution in [2.45, 2.75) is 101 Å². The molecular weight excluding hydrogens is 837 g/mol. The van der Waals surface area contributed by atoms with Crippen molar-refractivity contribution >= 4 is 28.2 Å². The molecule has 0 spiro atoms. The fourth-order valence-electron chi connectivity index (χ4n) is 10.6. The number of aliphatic imine (C=N–C) groups is 1. The highest BCUT2D eigenvalue weighted by molar-refractivity contribution is 6.03. The highest BCUT2D eigenvalue weighted by Gasteiger charge is 2.56. The third-order valence-corrected chi connectivity index (χ3v) is 14.3. The van der Waals surface area contributed by atoms with Gasteiger partial charge < -0.3 is 14.7 Å². The Balaban J connectivity index is 0.989. The molecule has 3 aliphatic heterocycles. The number of fused-ring (bicyclic) bond motifs is 3. The van der Waals surface area contributed by atoms with Gasteiger partial charge in [0.05, 0.1) is 74.2 Å². The second-order valence-electron chi connectivity index (χ2n) is 18.9. The first-order valence-corrected chi connectivity index (χ1v) is 22.3. The van der Waals surface area contributed by atoms with Gasteiger partial charge in [0, 0.05) is 44.6 Å². The molecule has 1 saturated heterocycles. The molecule has 2 saturated carbocycles. The molecule has 7 aromatic rings. The SMILES string of the molecule is C[C@H]1c2c(nn(-c3ccc(F)c(C4CC4)c3)c2-n2ccn(-c3ccc4c(cnn4C)c3F)c2=O)CCN1C(=O)c1cc2cc([C@@H]3CCOC(C)(C)C3)cnn2c1C1(C2=NC(O)ON2)CC1. The summed E-state index contributed by atoms with van der Waals surface area (Å²) >= 11 is 0. The van der Waals surface area contributed by atoms with Crippen molar-refractivity contribution in [1.29, 1.82) is 0 Å². The lowest BCUT2D eigenvalue weighted by atomic mass is 9.84. The molecule has 3 atom stereocenters. The number of halogens is 2. The van der Waals surface area contributed by atoms with E-state index < -0.39 is 29.4 Å². The zero-order chi connectivity index (χ0) is 44.7. The van der Waals surface area contributed by atoms with Gasteiger partial charge in [0.25, 0.3) is 12.3 Å². The van der Waals surface area contributed by atoms with E-state index in [1.54, 1.807) is 51.8 Å². The number of amidine groups is 1. The minimum atomic E-state index is -1.38.